The number of sulfone groups is 1. The minimum absolute atomic E-state index is 0.223. The van der Waals surface area contributed by atoms with Gasteiger partial charge in [0.05, 0.1) is 17.0 Å². The minimum atomic E-state index is -2.85. The zero-order valence-corrected chi connectivity index (χ0v) is 11.7. The van der Waals surface area contributed by atoms with E-state index in [0.717, 1.165) is 16.7 Å². The number of hydrogen-bond acceptors (Lipinski definition) is 4. The standard InChI is InChI=1S/C14H16N2O2S/c1-11-10-14(15-13-5-3-2-4-12(11)13)16-6-8-19(17,18)9-7-16/h2-5,10H,6-9H2,1H3. The van der Waals surface area contributed by atoms with E-state index >= 15 is 0 Å². The number of anilines is 1. The summed E-state index contributed by atoms with van der Waals surface area (Å²) in [5.41, 5.74) is 2.14. The number of aromatic nitrogens is 1. The van der Waals surface area contributed by atoms with Gasteiger partial charge in [-0.3, -0.25) is 0 Å². The zero-order valence-electron chi connectivity index (χ0n) is 10.8. The normalized spacial score (nSPS) is 18.7. The number of hydrogen-bond donors (Lipinski definition) is 0. The van der Waals surface area contributed by atoms with Crippen LogP contribution in [-0.4, -0.2) is 38.0 Å². The highest BCUT2D eigenvalue weighted by Gasteiger charge is 2.22. The molecule has 1 aromatic heterocycles. The zero-order chi connectivity index (χ0) is 13.5. The van der Waals surface area contributed by atoms with Crippen LogP contribution in [0.3, 0.4) is 0 Å². The Labute approximate surface area is 113 Å². The third-order valence-electron chi connectivity index (χ3n) is 3.58. The molecule has 1 aliphatic rings. The molecule has 1 aliphatic heterocycles. The van der Waals surface area contributed by atoms with Gasteiger partial charge in [0, 0.05) is 18.5 Å². The average molecular weight is 276 g/mol. The van der Waals surface area contributed by atoms with E-state index in [1.54, 1.807) is 0 Å². The van der Waals surface area contributed by atoms with Gasteiger partial charge < -0.3 is 4.90 Å². The van der Waals surface area contributed by atoms with E-state index in [9.17, 15) is 8.42 Å². The molecule has 0 saturated carbocycles. The van der Waals surface area contributed by atoms with Gasteiger partial charge in [0.2, 0.25) is 0 Å². The maximum Gasteiger partial charge on any atom is 0.153 e. The lowest BCUT2D eigenvalue weighted by molar-refractivity contribution is 0.586. The second kappa shape index (κ2) is 4.49. The highest BCUT2D eigenvalue weighted by molar-refractivity contribution is 7.91. The molecule has 100 valence electrons. The number of aryl methyl sites for hydroxylation is 1. The molecule has 1 saturated heterocycles. The number of pyridine rings is 1. The highest BCUT2D eigenvalue weighted by Crippen LogP contribution is 2.23. The molecule has 1 aromatic carbocycles. The van der Waals surface area contributed by atoms with Gasteiger partial charge in [0.15, 0.2) is 9.84 Å². The summed E-state index contributed by atoms with van der Waals surface area (Å²) in [5, 5.41) is 1.15. The van der Waals surface area contributed by atoms with Crippen LogP contribution in [0.5, 0.6) is 0 Å². The smallest absolute Gasteiger partial charge is 0.153 e. The quantitative estimate of drug-likeness (QED) is 0.796. The van der Waals surface area contributed by atoms with Crippen molar-refractivity contribution in [2.45, 2.75) is 6.92 Å². The van der Waals surface area contributed by atoms with Gasteiger partial charge in [-0.25, -0.2) is 13.4 Å². The van der Waals surface area contributed by atoms with Crippen LogP contribution in [0, 0.1) is 6.92 Å². The van der Waals surface area contributed by atoms with E-state index in [0.29, 0.717) is 13.1 Å². The van der Waals surface area contributed by atoms with E-state index in [-0.39, 0.29) is 11.5 Å². The van der Waals surface area contributed by atoms with Crippen molar-refractivity contribution in [1.82, 2.24) is 4.98 Å². The Morgan fingerprint density at radius 3 is 2.58 bits per heavy atom. The molecule has 0 spiro atoms. The molecule has 0 bridgehead atoms. The van der Waals surface area contributed by atoms with Gasteiger partial charge in [-0.05, 0) is 24.6 Å². The summed E-state index contributed by atoms with van der Waals surface area (Å²) >= 11 is 0. The maximum absolute atomic E-state index is 11.5. The first-order valence-electron chi connectivity index (χ1n) is 6.37. The number of para-hydroxylation sites is 1. The fraction of sp³-hybridized carbons (Fsp3) is 0.357. The predicted molar refractivity (Wildman–Crippen MR) is 77.3 cm³/mol. The first kappa shape index (κ1) is 12.4. The Morgan fingerprint density at radius 2 is 1.84 bits per heavy atom. The monoisotopic (exact) mass is 276 g/mol. The van der Waals surface area contributed by atoms with E-state index in [4.69, 9.17) is 0 Å². The summed E-state index contributed by atoms with van der Waals surface area (Å²) in [5.74, 6) is 1.33. The highest BCUT2D eigenvalue weighted by atomic mass is 32.2. The lowest BCUT2D eigenvalue weighted by Gasteiger charge is -2.28. The SMILES string of the molecule is Cc1cc(N2CCS(=O)(=O)CC2)nc2ccccc12. The van der Waals surface area contributed by atoms with E-state index in [1.807, 2.05) is 24.3 Å². The van der Waals surface area contributed by atoms with Crippen molar-refractivity contribution in [2.75, 3.05) is 29.5 Å². The minimum Gasteiger partial charge on any atom is -0.355 e. The Balaban J connectivity index is 1.98. The average Bonchev–Trinajstić information content (AvgIpc) is 2.38. The molecule has 0 aliphatic carbocycles. The number of rotatable bonds is 1. The van der Waals surface area contributed by atoms with E-state index in [1.165, 1.54) is 5.56 Å². The molecule has 3 rings (SSSR count). The Morgan fingerprint density at radius 1 is 1.16 bits per heavy atom. The molecule has 2 heterocycles. The van der Waals surface area contributed by atoms with E-state index < -0.39 is 9.84 Å². The number of nitrogens with zero attached hydrogens (tertiary/aromatic N) is 2. The van der Waals surface area contributed by atoms with Gasteiger partial charge >= 0.3 is 0 Å². The Bertz CT molecular complexity index is 711. The summed E-state index contributed by atoms with van der Waals surface area (Å²) < 4.78 is 22.9. The molecule has 2 aromatic rings. The van der Waals surface area contributed by atoms with Crippen molar-refractivity contribution >= 4 is 26.6 Å². The van der Waals surface area contributed by atoms with Gasteiger partial charge in [-0.1, -0.05) is 18.2 Å². The third kappa shape index (κ3) is 2.42. The van der Waals surface area contributed by atoms with Crippen molar-refractivity contribution in [1.29, 1.82) is 0 Å². The van der Waals surface area contributed by atoms with Crippen molar-refractivity contribution in [3.63, 3.8) is 0 Å². The van der Waals surface area contributed by atoms with Crippen molar-refractivity contribution < 1.29 is 8.42 Å². The van der Waals surface area contributed by atoms with Crippen molar-refractivity contribution in [3.8, 4) is 0 Å². The summed E-state index contributed by atoms with van der Waals surface area (Å²) in [6.07, 6.45) is 0. The first-order valence-corrected chi connectivity index (χ1v) is 8.19. The van der Waals surface area contributed by atoms with Crippen LogP contribution >= 0.6 is 0 Å². The Kier molecular flexibility index (Phi) is 2.93. The van der Waals surface area contributed by atoms with Crippen LogP contribution in [0.15, 0.2) is 30.3 Å². The molecule has 0 N–H and O–H groups in total. The van der Waals surface area contributed by atoms with Gasteiger partial charge in [0.25, 0.3) is 0 Å². The van der Waals surface area contributed by atoms with Gasteiger partial charge in [-0.15, -0.1) is 0 Å². The second-order valence-electron chi connectivity index (χ2n) is 4.95. The topological polar surface area (TPSA) is 50.3 Å². The molecule has 1 fully saturated rings. The van der Waals surface area contributed by atoms with Gasteiger partial charge in [0.1, 0.15) is 5.82 Å². The van der Waals surface area contributed by atoms with Crippen LogP contribution in [0.25, 0.3) is 10.9 Å². The molecule has 0 radical (unpaired) electrons. The lowest BCUT2D eigenvalue weighted by Crippen LogP contribution is -2.40. The number of fused-ring (bicyclic) bond motifs is 1. The molecule has 5 heteroatoms. The maximum atomic E-state index is 11.5. The van der Waals surface area contributed by atoms with Crippen LogP contribution in [0.4, 0.5) is 5.82 Å². The predicted octanol–water partition coefficient (Wildman–Crippen LogP) is 1.78. The molecule has 0 unspecified atom stereocenters. The van der Waals surface area contributed by atoms with Crippen LogP contribution in [0.2, 0.25) is 0 Å². The van der Waals surface area contributed by atoms with Crippen molar-refractivity contribution in [2.24, 2.45) is 0 Å². The number of benzene rings is 1. The molecular formula is C14H16N2O2S. The fourth-order valence-electron chi connectivity index (χ4n) is 2.44. The van der Waals surface area contributed by atoms with Gasteiger partial charge in [-0.2, -0.15) is 0 Å². The largest absolute Gasteiger partial charge is 0.355 e. The fourth-order valence-corrected chi connectivity index (χ4v) is 3.64. The Hall–Kier alpha value is -1.62. The molecular weight excluding hydrogens is 260 g/mol. The van der Waals surface area contributed by atoms with Crippen LogP contribution < -0.4 is 4.90 Å². The second-order valence-corrected chi connectivity index (χ2v) is 7.26. The summed E-state index contributed by atoms with van der Waals surface area (Å²) in [7, 11) is -2.85. The van der Waals surface area contributed by atoms with Crippen molar-refractivity contribution in [3.05, 3.63) is 35.9 Å². The third-order valence-corrected chi connectivity index (χ3v) is 5.19. The van der Waals surface area contributed by atoms with E-state index in [2.05, 4.69) is 22.9 Å². The molecule has 4 nitrogen and oxygen atoms in total. The molecule has 0 amide bonds. The molecule has 19 heavy (non-hydrogen) atoms. The molecule has 0 atom stereocenters. The summed E-state index contributed by atoms with van der Waals surface area (Å²) in [6.45, 7) is 3.13. The summed E-state index contributed by atoms with van der Waals surface area (Å²) in [6, 6.07) is 10.1. The van der Waals surface area contributed by atoms with Crippen LogP contribution in [0.1, 0.15) is 5.56 Å². The summed E-state index contributed by atoms with van der Waals surface area (Å²) in [4.78, 5) is 6.69. The lowest BCUT2D eigenvalue weighted by atomic mass is 10.1. The first-order chi connectivity index (χ1) is 9.05. The van der Waals surface area contributed by atoms with Crippen LogP contribution in [-0.2, 0) is 9.84 Å².